The second-order valence-corrected chi connectivity index (χ2v) is 19.9. The van der Waals surface area contributed by atoms with E-state index in [1.807, 2.05) is 26.0 Å². The van der Waals surface area contributed by atoms with Crippen LogP contribution in [0.4, 0.5) is 13.2 Å². The smallest absolute Gasteiger partial charge is 0.437 e. The molecule has 1 aromatic carbocycles. The van der Waals surface area contributed by atoms with Gasteiger partial charge in [-0.1, -0.05) is 38.8 Å². The quantitative estimate of drug-likeness (QED) is 0.212. The van der Waals surface area contributed by atoms with Crippen LogP contribution in [0, 0.1) is 23.2 Å². The average molecular weight is 862 g/mol. The number of allylic oxidation sites excluding steroid dienone is 2. The summed E-state index contributed by atoms with van der Waals surface area (Å²) in [5.74, 6) is -3.87. The van der Waals surface area contributed by atoms with E-state index in [0.29, 0.717) is 49.7 Å². The summed E-state index contributed by atoms with van der Waals surface area (Å²) in [6.07, 6.45) is 2.01. The zero-order valence-corrected chi connectivity index (χ0v) is 35.3. The molecular weight excluding hydrogens is 808 g/mol. The molecule has 4 heterocycles. The molecule has 1 N–H and O–H groups in total. The third kappa shape index (κ3) is 8.62. The molecule has 328 valence electrons. The highest BCUT2D eigenvalue weighted by Crippen LogP contribution is 2.58. The molecule has 5 aliphatic rings. The predicted octanol–water partition coefficient (Wildman–Crippen LogP) is 6.24. The molecule has 2 aliphatic carbocycles. The number of nitrogens with zero attached hydrogens (tertiary/aromatic N) is 2. The SMILES string of the molecule is COCC1(S(=O)(=O)NC(=O)[C@]23CC(=O)[C@@H]4C[C@]5(CCc6c(c(C(F)(F)F)nc7ccc(OC)cc67)O5)CN4C(=O)[C@@H](CC(=O)OCC(C)C)CCCCC/C=C\[C@@H]2C3)CC1. The molecule has 3 aliphatic heterocycles. The third-order valence-electron chi connectivity index (χ3n) is 12.9. The van der Waals surface area contributed by atoms with Crippen LogP contribution in [-0.4, -0.2) is 92.2 Å². The molecule has 2 amide bonds. The number of amides is 2. The zero-order valence-electron chi connectivity index (χ0n) is 34.5. The summed E-state index contributed by atoms with van der Waals surface area (Å²) in [6.45, 7) is 3.56. The van der Waals surface area contributed by atoms with E-state index < -0.39 is 91.3 Å². The van der Waals surface area contributed by atoms with Gasteiger partial charge in [-0.15, -0.1) is 0 Å². The number of Topliss-reactive ketones (excluding diaryl/α,β-unsaturated/α-hetero) is 1. The summed E-state index contributed by atoms with van der Waals surface area (Å²) < 4.78 is 94.9. The summed E-state index contributed by atoms with van der Waals surface area (Å²) in [5.41, 5.74) is -3.76. The van der Waals surface area contributed by atoms with Crippen molar-refractivity contribution in [3.05, 3.63) is 41.6 Å². The molecule has 5 atom stereocenters. The number of pyridine rings is 1. The molecule has 1 spiro atoms. The first-order chi connectivity index (χ1) is 28.4. The Bertz CT molecular complexity index is 2170. The number of rotatable bonds is 10. The largest absolute Gasteiger partial charge is 0.497 e. The number of alkyl halides is 3. The van der Waals surface area contributed by atoms with Crippen molar-refractivity contribution in [1.29, 1.82) is 0 Å². The molecule has 0 bridgehead atoms. The van der Waals surface area contributed by atoms with E-state index in [1.165, 1.54) is 31.3 Å². The fraction of sp³-hybridized carbons (Fsp3) is 0.651. The Morgan fingerprint density at radius 3 is 2.53 bits per heavy atom. The number of carbonyl (C=O) groups is 4. The highest BCUT2D eigenvalue weighted by Gasteiger charge is 2.64. The second kappa shape index (κ2) is 16.6. The molecule has 13 nitrogen and oxygen atoms in total. The fourth-order valence-corrected chi connectivity index (χ4v) is 10.8. The normalized spacial score (nSPS) is 28.5. The average Bonchev–Trinajstić information content (AvgIpc) is 4.10. The molecule has 17 heteroatoms. The molecule has 1 saturated heterocycles. The standard InChI is InChI=1S/C43H54F3N3O10S/c1-26(2)23-58-35(51)18-27-10-8-6-5-7-9-11-28-20-42(28,39(53)48-60(54,55)41(16-17-41)25-56-3)22-34(50)33-21-40(24-49(33)38(27)52)15-14-30-31-19-29(57-4)12-13-32(31)47-37(36(30)59-40)43(44,45)46/h9,11-13,19,26-28,33H,5-8,10,14-18,20-25H2,1-4H3,(H,48,53)/b11-9-/t27-,28-,33+,40-,42-/m1/s1. The van der Waals surface area contributed by atoms with Crippen LogP contribution in [0.3, 0.4) is 0 Å². The fourth-order valence-electron chi connectivity index (χ4n) is 9.25. The number of aryl methyl sites for hydroxylation is 1. The molecule has 1 aromatic heterocycles. The van der Waals surface area contributed by atoms with Gasteiger partial charge < -0.3 is 23.8 Å². The van der Waals surface area contributed by atoms with Gasteiger partial charge in [0.25, 0.3) is 0 Å². The first-order valence-electron chi connectivity index (χ1n) is 20.8. The Balaban J connectivity index is 1.26. The van der Waals surface area contributed by atoms with E-state index in [-0.39, 0.29) is 68.9 Å². The van der Waals surface area contributed by atoms with Gasteiger partial charge >= 0.3 is 12.1 Å². The molecule has 3 fully saturated rings. The number of halogens is 3. The molecular formula is C43H54F3N3O10S. The maximum absolute atomic E-state index is 14.8. The lowest BCUT2D eigenvalue weighted by Gasteiger charge is -2.37. The van der Waals surface area contributed by atoms with Crippen molar-refractivity contribution in [2.45, 2.75) is 120 Å². The maximum atomic E-state index is 14.8. The minimum atomic E-state index is -4.91. The monoisotopic (exact) mass is 861 g/mol. The van der Waals surface area contributed by atoms with Gasteiger partial charge in [-0.3, -0.25) is 23.9 Å². The maximum Gasteiger partial charge on any atom is 0.437 e. The van der Waals surface area contributed by atoms with Crippen molar-refractivity contribution in [2.24, 2.45) is 23.2 Å². The van der Waals surface area contributed by atoms with Gasteiger partial charge in [-0.2, -0.15) is 13.2 Å². The predicted molar refractivity (Wildman–Crippen MR) is 212 cm³/mol. The Morgan fingerprint density at radius 2 is 1.85 bits per heavy atom. The van der Waals surface area contributed by atoms with Gasteiger partial charge in [0.05, 0.1) is 50.3 Å². The van der Waals surface area contributed by atoms with Crippen LogP contribution in [0.5, 0.6) is 11.5 Å². The molecule has 0 unspecified atom stereocenters. The minimum absolute atomic E-state index is 0.0484. The summed E-state index contributed by atoms with van der Waals surface area (Å²) >= 11 is 0. The van der Waals surface area contributed by atoms with Crippen LogP contribution in [-0.2, 0) is 51.3 Å². The van der Waals surface area contributed by atoms with Crippen molar-refractivity contribution in [2.75, 3.05) is 34.0 Å². The van der Waals surface area contributed by atoms with E-state index in [1.54, 1.807) is 6.07 Å². The number of nitrogens with one attached hydrogen (secondary N) is 1. The number of carbonyl (C=O) groups excluding carboxylic acids is 4. The molecule has 60 heavy (non-hydrogen) atoms. The van der Waals surface area contributed by atoms with Crippen molar-refractivity contribution < 1.29 is 59.7 Å². The number of fused-ring (bicyclic) bond motifs is 5. The van der Waals surface area contributed by atoms with Crippen LogP contribution in [0.1, 0.15) is 102 Å². The van der Waals surface area contributed by atoms with Crippen LogP contribution < -0.4 is 14.2 Å². The third-order valence-corrected chi connectivity index (χ3v) is 15.1. The number of ketones is 1. The Hall–Kier alpha value is -4.25. The lowest BCUT2D eigenvalue weighted by molar-refractivity contribution is -0.151. The number of aromatic nitrogens is 1. The summed E-state index contributed by atoms with van der Waals surface area (Å²) in [6, 6.07) is 3.32. The van der Waals surface area contributed by atoms with Gasteiger partial charge in [-0.25, -0.2) is 13.4 Å². The Morgan fingerprint density at radius 1 is 1.08 bits per heavy atom. The highest BCUT2D eigenvalue weighted by atomic mass is 32.2. The first kappa shape index (κ1) is 43.8. The topological polar surface area (TPSA) is 167 Å². The molecule has 7 rings (SSSR count). The lowest BCUT2D eigenvalue weighted by Crippen LogP contribution is -2.48. The lowest BCUT2D eigenvalue weighted by atomic mass is 9.85. The van der Waals surface area contributed by atoms with Crippen LogP contribution in [0.15, 0.2) is 30.4 Å². The van der Waals surface area contributed by atoms with E-state index in [9.17, 15) is 40.8 Å². The molecule has 2 aromatic rings. The van der Waals surface area contributed by atoms with Crippen molar-refractivity contribution in [3.8, 4) is 11.5 Å². The Labute approximate surface area is 348 Å². The molecule has 2 saturated carbocycles. The van der Waals surface area contributed by atoms with Crippen molar-refractivity contribution in [1.82, 2.24) is 14.6 Å². The summed E-state index contributed by atoms with van der Waals surface area (Å²) in [4.78, 5) is 62.2. The number of hydrogen-bond acceptors (Lipinski definition) is 11. The first-order valence-corrected chi connectivity index (χ1v) is 22.3. The summed E-state index contributed by atoms with van der Waals surface area (Å²) in [7, 11) is -1.37. The number of sulfonamides is 1. The van der Waals surface area contributed by atoms with E-state index in [2.05, 4.69) is 9.71 Å². The molecule has 0 radical (unpaired) electrons. The van der Waals surface area contributed by atoms with E-state index in [0.717, 1.165) is 6.42 Å². The van der Waals surface area contributed by atoms with Gasteiger partial charge in [0, 0.05) is 36.8 Å². The number of ether oxygens (including phenoxy) is 4. The zero-order chi connectivity index (χ0) is 43.3. The van der Waals surface area contributed by atoms with Gasteiger partial charge in [0.1, 0.15) is 16.1 Å². The van der Waals surface area contributed by atoms with Crippen molar-refractivity contribution >= 4 is 44.5 Å². The number of benzene rings is 1. The summed E-state index contributed by atoms with van der Waals surface area (Å²) in [5, 5.41) is 0.418. The second-order valence-electron chi connectivity index (χ2n) is 17.8. The van der Waals surface area contributed by atoms with E-state index >= 15 is 0 Å². The van der Waals surface area contributed by atoms with Crippen LogP contribution >= 0.6 is 0 Å². The van der Waals surface area contributed by atoms with Crippen LogP contribution in [0.25, 0.3) is 10.9 Å². The van der Waals surface area contributed by atoms with Crippen LogP contribution in [0.2, 0.25) is 0 Å². The van der Waals surface area contributed by atoms with Gasteiger partial charge in [0.15, 0.2) is 17.2 Å². The van der Waals surface area contributed by atoms with E-state index in [4.69, 9.17) is 18.9 Å². The number of methoxy groups -OCH3 is 2. The van der Waals surface area contributed by atoms with Gasteiger partial charge in [0.2, 0.25) is 21.8 Å². The van der Waals surface area contributed by atoms with Gasteiger partial charge in [-0.05, 0) is 81.4 Å². The number of hydrogen-bond donors (Lipinski definition) is 1. The minimum Gasteiger partial charge on any atom is -0.497 e. The van der Waals surface area contributed by atoms with Crippen molar-refractivity contribution in [3.63, 3.8) is 0 Å². The Kier molecular flexibility index (Phi) is 12.1. The highest BCUT2D eigenvalue weighted by molar-refractivity contribution is 7.91. The number of esters is 1.